The van der Waals surface area contributed by atoms with Crippen LogP contribution in [0.25, 0.3) is 11.2 Å². The summed E-state index contributed by atoms with van der Waals surface area (Å²) >= 11 is 0. The Balaban J connectivity index is 2.55. The van der Waals surface area contributed by atoms with Gasteiger partial charge in [-0.15, -0.1) is 0 Å². The molecule has 16 heavy (non-hydrogen) atoms. The van der Waals surface area contributed by atoms with Crippen molar-refractivity contribution >= 4 is 17.0 Å². The van der Waals surface area contributed by atoms with Gasteiger partial charge in [0.1, 0.15) is 5.52 Å². The third kappa shape index (κ3) is 1.69. The summed E-state index contributed by atoms with van der Waals surface area (Å²) in [6, 6.07) is 0. The predicted octanol–water partition coefficient (Wildman–Crippen LogP) is 0.805. The standard InChI is InChI=1S/C9H13FN6/c1-2-3-5(11)16-4-13-6-7(12)14-9(10)15-8(6)16/h4-5H,2-3,11H2,1H3,(H2,12,14,15). The normalized spacial score (nSPS) is 13.2. The van der Waals surface area contributed by atoms with Crippen molar-refractivity contribution < 1.29 is 4.39 Å². The third-order valence-corrected chi connectivity index (χ3v) is 2.36. The zero-order valence-electron chi connectivity index (χ0n) is 8.89. The fraction of sp³-hybridized carbons (Fsp3) is 0.444. The van der Waals surface area contributed by atoms with E-state index in [2.05, 4.69) is 15.0 Å². The van der Waals surface area contributed by atoms with Gasteiger partial charge in [-0.3, -0.25) is 4.57 Å². The molecule has 0 aliphatic heterocycles. The van der Waals surface area contributed by atoms with Crippen LogP contribution in [0.15, 0.2) is 6.33 Å². The highest BCUT2D eigenvalue weighted by Crippen LogP contribution is 2.19. The number of hydrogen-bond donors (Lipinski definition) is 2. The van der Waals surface area contributed by atoms with Gasteiger partial charge in [0.2, 0.25) is 0 Å². The number of rotatable bonds is 3. The zero-order valence-corrected chi connectivity index (χ0v) is 8.89. The number of nitrogens with two attached hydrogens (primary N) is 2. The van der Waals surface area contributed by atoms with Crippen molar-refractivity contribution in [1.29, 1.82) is 0 Å². The lowest BCUT2D eigenvalue weighted by Gasteiger charge is -2.12. The monoisotopic (exact) mass is 224 g/mol. The molecule has 1 atom stereocenters. The van der Waals surface area contributed by atoms with Crippen LogP contribution in [0.3, 0.4) is 0 Å². The molecule has 0 aromatic carbocycles. The largest absolute Gasteiger partial charge is 0.382 e. The molecule has 86 valence electrons. The van der Waals surface area contributed by atoms with Gasteiger partial charge in [-0.1, -0.05) is 13.3 Å². The van der Waals surface area contributed by atoms with Crippen LogP contribution in [-0.2, 0) is 0 Å². The number of anilines is 1. The summed E-state index contributed by atoms with van der Waals surface area (Å²) in [7, 11) is 0. The number of nitrogen functional groups attached to an aromatic ring is 1. The first-order valence-electron chi connectivity index (χ1n) is 5.04. The highest BCUT2D eigenvalue weighted by Gasteiger charge is 2.14. The number of fused-ring (bicyclic) bond motifs is 1. The Kier molecular flexibility index (Phi) is 2.69. The van der Waals surface area contributed by atoms with Gasteiger partial charge in [0, 0.05) is 0 Å². The highest BCUT2D eigenvalue weighted by molar-refractivity contribution is 5.81. The van der Waals surface area contributed by atoms with Crippen molar-refractivity contribution in [3.63, 3.8) is 0 Å². The molecule has 4 N–H and O–H groups in total. The maximum atomic E-state index is 13.0. The van der Waals surface area contributed by atoms with Crippen molar-refractivity contribution in [2.75, 3.05) is 5.73 Å². The van der Waals surface area contributed by atoms with Crippen molar-refractivity contribution in [3.8, 4) is 0 Å². The van der Waals surface area contributed by atoms with Crippen LogP contribution < -0.4 is 11.5 Å². The Morgan fingerprint density at radius 1 is 1.50 bits per heavy atom. The minimum absolute atomic E-state index is 0.0324. The Morgan fingerprint density at radius 3 is 2.94 bits per heavy atom. The number of imidazole rings is 1. The SMILES string of the molecule is CCCC(N)n1cnc2c(N)nc(F)nc21. The fourth-order valence-corrected chi connectivity index (χ4v) is 1.59. The summed E-state index contributed by atoms with van der Waals surface area (Å²) in [6.07, 6.45) is 2.05. The first-order chi connectivity index (χ1) is 7.63. The van der Waals surface area contributed by atoms with Gasteiger partial charge in [-0.25, -0.2) is 4.98 Å². The smallest absolute Gasteiger partial charge is 0.312 e. The number of hydrogen-bond acceptors (Lipinski definition) is 5. The number of nitrogens with zero attached hydrogens (tertiary/aromatic N) is 4. The second-order valence-electron chi connectivity index (χ2n) is 3.56. The third-order valence-electron chi connectivity index (χ3n) is 2.36. The molecule has 0 amide bonds. The number of halogens is 1. The van der Waals surface area contributed by atoms with Crippen LogP contribution >= 0.6 is 0 Å². The van der Waals surface area contributed by atoms with E-state index in [0.29, 0.717) is 11.2 Å². The van der Waals surface area contributed by atoms with Gasteiger partial charge in [-0.2, -0.15) is 14.4 Å². The van der Waals surface area contributed by atoms with Crippen molar-refractivity contribution in [3.05, 3.63) is 12.4 Å². The number of aromatic nitrogens is 4. The first-order valence-corrected chi connectivity index (χ1v) is 5.04. The van der Waals surface area contributed by atoms with E-state index < -0.39 is 6.08 Å². The lowest BCUT2D eigenvalue weighted by molar-refractivity contribution is 0.481. The van der Waals surface area contributed by atoms with Crippen molar-refractivity contribution in [2.24, 2.45) is 5.73 Å². The highest BCUT2D eigenvalue weighted by atomic mass is 19.1. The summed E-state index contributed by atoms with van der Waals surface area (Å²) < 4.78 is 14.6. The molecule has 6 nitrogen and oxygen atoms in total. The van der Waals surface area contributed by atoms with E-state index in [-0.39, 0.29) is 12.0 Å². The summed E-state index contributed by atoms with van der Waals surface area (Å²) in [4.78, 5) is 11.1. The van der Waals surface area contributed by atoms with E-state index in [9.17, 15) is 4.39 Å². The lowest BCUT2D eigenvalue weighted by atomic mass is 10.3. The Morgan fingerprint density at radius 2 is 2.25 bits per heavy atom. The minimum Gasteiger partial charge on any atom is -0.382 e. The average molecular weight is 224 g/mol. The van der Waals surface area contributed by atoms with E-state index in [0.717, 1.165) is 12.8 Å². The van der Waals surface area contributed by atoms with Crippen LogP contribution in [0, 0.1) is 6.08 Å². The molecule has 2 heterocycles. The van der Waals surface area contributed by atoms with E-state index in [1.807, 2.05) is 6.92 Å². The van der Waals surface area contributed by atoms with Gasteiger partial charge in [0.25, 0.3) is 0 Å². The van der Waals surface area contributed by atoms with Crippen LogP contribution in [-0.4, -0.2) is 19.5 Å². The molecular weight excluding hydrogens is 211 g/mol. The van der Waals surface area contributed by atoms with E-state index in [1.54, 1.807) is 4.57 Å². The van der Waals surface area contributed by atoms with Crippen LogP contribution in [0.2, 0.25) is 0 Å². The van der Waals surface area contributed by atoms with Gasteiger partial charge >= 0.3 is 6.08 Å². The molecule has 2 aromatic heterocycles. The predicted molar refractivity (Wildman–Crippen MR) is 57.8 cm³/mol. The van der Waals surface area contributed by atoms with Crippen molar-refractivity contribution in [1.82, 2.24) is 19.5 Å². The Labute approximate surface area is 91.5 Å². The van der Waals surface area contributed by atoms with E-state index in [1.165, 1.54) is 6.33 Å². The fourth-order valence-electron chi connectivity index (χ4n) is 1.59. The summed E-state index contributed by atoms with van der Waals surface area (Å²) in [5.41, 5.74) is 12.2. The maximum absolute atomic E-state index is 13.0. The van der Waals surface area contributed by atoms with E-state index >= 15 is 0 Å². The van der Waals surface area contributed by atoms with Gasteiger partial charge in [0.15, 0.2) is 11.5 Å². The molecule has 0 saturated heterocycles. The van der Waals surface area contributed by atoms with Gasteiger partial charge < -0.3 is 11.5 Å². The summed E-state index contributed by atoms with van der Waals surface area (Å²) in [6.45, 7) is 2.02. The zero-order chi connectivity index (χ0) is 11.7. The Bertz CT molecular complexity index is 508. The van der Waals surface area contributed by atoms with Crippen LogP contribution in [0.5, 0.6) is 0 Å². The van der Waals surface area contributed by atoms with Crippen LogP contribution in [0.4, 0.5) is 10.2 Å². The van der Waals surface area contributed by atoms with Crippen LogP contribution in [0.1, 0.15) is 25.9 Å². The molecule has 2 rings (SSSR count). The first kappa shape index (κ1) is 10.7. The molecule has 2 aromatic rings. The molecule has 0 aliphatic rings. The summed E-state index contributed by atoms with van der Waals surface area (Å²) in [5, 5.41) is 0. The minimum atomic E-state index is -0.865. The van der Waals surface area contributed by atoms with Gasteiger partial charge in [-0.05, 0) is 6.42 Å². The van der Waals surface area contributed by atoms with Gasteiger partial charge in [0.05, 0.1) is 12.5 Å². The Hall–Kier alpha value is -1.76. The lowest BCUT2D eigenvalue weighted by Crippen LogP contribution is -2.18. The second-order valence-corrected chi connectivity index (χ2v) is 3.56. The van der Waals surface area contributed by atoms with E-state index in [4.69, 9.17) is 11.5 Å². The molecule has 0 fully saturated rings. The quantitative estimate of drug-likeness (QED) is 0.752. The molecule has 0 aliphatic carbocycles. The molecule has 7 heteroatoms. The molecule has 0 spiro atoms. The average Bonchev–Trinajstić information content (AvgIpc) is 2.61. The maximum Gasteiger partial charge on any atom is 0.312 e. The molecule has 0 radical (unpaired) electrons. The molecular formula is C9H13FN6. The topological polar surface area (TPSA) is 95.6 Å². The van der Waals surface area contributed by atoms with Crippen molar-refractivity contribution in [2.45, 2.75) is 25.9 Å². The second kappa shape index (κ2) is 4.01. The molecule has 1 unspecified atom stereocenters. The summed E-state index contributed by atoms with van der Waals surface area (Å²) in [5.74, 6) is 0.0324. The molecule has 0 bridgehead atoms. The molecule has 0 saturated carbocycles.